The Bertz CT molecular complexity index is 2460. The maximum atomic E-state index is 14.6. The second kappa shape index (κ2) is 21.2. The molecule has 0 heterocycles. The van der Waals surface area contributed by atoms with E-state index in [9.17, 15) is 22.8 Å². The van der Waals surface area contributed by atoms with Gasteiger partial charge < -0.3 is 19.5 Å². The van der Waals surface area contributed by atoms with Crippen molar-refractivity contribution in [1.82, 2.24) is 5.32 Å². The van der Waals surface area contributed by atoms with Crippen LogP contribution in [0, 0.1) is 0 Å². The number of fused-ring (bicyclic) bond motifs is 3. The Kier molecular flexibility index (Phi) is 15.0. The van der Waals surface area contributed by atoms with Gasteiger partial charge in [-0.25, -0.2) is 9.59 Å². The molecular weight excluding hydrogens is 848 g/mol. The molecule has 0 spiro atoms. The number of esters is 1. The first kappa shape index (κ1) is 47.3. The highest BCUT2D eigenvalue weighted by Crippen LogP contribution is 2.45. The van der Waals surface area contributed by atoms with Gasteiger partial charge in [0.1, 0.15) is 17.8 Å². The second-order valence-electron chi connectivity index (χ2n) is 18.5. The molecule has 6 nitrogen and oxygen atoms in total. The van der Waals surface area contributed by atoms with Crippen LogP contribution in [0.1, 0.15) is 134 Å². The fraction of sp³-hybridized carbons (Fsp3) is 0.345. The van der Waals surface area contributed by atoms with Crippen LogP contribution in [-0.4, -0.2) is 31.3 Å². The molecule has 1 N–H and O–H groups in total. The van der Waals surface area contributed by atoms with E-state index in [4.69, 9.17) is 14.2 Å². The summed E-state index contributed by atoms with van der Waals surface area (Å²) in [5, 5.41) is 2.79. The van der Waals surface area contributed by atoms with Crippen LogP contribution >= 0.6 is 0 Å². The zero-order chi connectivity index (χ0) is 46.9. The largest absolute Gasteiger partial charge is 0.453 e. The molecule has 0 aliphatic heterocycles. The number of amides is 1. The third kappa shape index (κ3) is 11.0. The molecule has 2 aliphatic carbocycles. The molecule has 9 heteroatoms. The topological polar surface area (TPSA) is 73.9 Å². The molecule has 1 saturated carbocycles. The van der Waals surface area contributed by atoms with Crippen LogP contribution in [0.15, 0.2) is 158 Å². The summed E-state index contributed by atoms with van der Waals surface area (Å²) in [5.74, 6) is -0.633. The van der Waals surface area contributed by atoms with E-state index in [0.717, 1.165) is 63.9 Å². The standard InChI is InChI=1S/C58H60F3NO5/c1-56(2,43-35-37-47(38-36-43)58(59,60)61)67-54(63)53(62-55(64)65-39-52-50-29-19-17-27-48(50)49-28-18-20-30-51(49)52)40-66-57(44-23-13-9-14-24-44,45-25-15-10-16-26-45)46-33-31-42(32-34-46)41-21-11-7-5-3-4-6-8-12-22-41/h9-10,13-20,23-38,41,52-53H,3-8,11-12,21-22,39-40H2,1-2H3,(H,62,64)/t53-/m0/s1. The lowest BCUT2D eigenvalue weighted by molar-refractivity contribution is -0.163. The van der Waals surface area contributed by atoms with Gasteiger partial charge in [0, 0.05) is 5.92 Å². The van der Waals surface area contributed by atoms with Crippen molar-refractivity contribution in [3.05, 3.63) is 202 Å². The number of alkyl carbamates (subject to hydrolysis) is 1. The molecule has 1 amide bonds. The van der Waals surface area contributed by atoms with Crippen molar-refractivity contribution in [3.63, 3.8) is 0 Å². The van der Waals surface area contributed by atoms with Crippen LogP contribution in [0.3, 0.4) is 0 Å². The van der Waals surface area contributed by atoms with Crippen LogP contribution < -0.4 is 5.32 Å². The Morgan fingerprint density at radius 2 is 1.01 bits per heavy atom. The minimum absolute atomic E-state index is 0.00480. The Labute approximate surface area is 392 Å². The van der Waals surface area contributed by atoms with Crippen molar-refractivity contribution < 1.29 is 37.0 Å². The van der Waals surface area contributed by atoms with Gasteiger partial charge in [-0.1, -0.05) is 197 Å². The van der Waals surface area contributed by atoms with Gasteiger partial charge in [-0.3, -0.25) is 0 Å². The van der Waals surface area contributed by atoms with E-state index in [2.05, 4.69) is 41.7 Å². The molecule has 6 aromatic rings. The average Bonchev–Trinajstić information content (AvgIpc) is 3.63. The lowest BCUT2D eigenvalue weighted by Crippen LogP contribution is -2.49. The highest BCUT2D eigenvalue weighted by molar-refractivity contribution is 5.82. The number of hydrogen-bond donors (Lipinski definition) is 1. The van der Waals surface area contributed by atoms with Gasteiger partial charge in [0.05, 0.1) is 12.2 Å². The molecule has 2 aliphatic rings. The van der Waals surface area contributed by atoms with E-state index < -0.39 is 41.0 Å². The number of alkyl halides is 3. The molecule has 0 unspecified atom stereocenters. The number of carbonyl (C=O) groups excluding carboxylic acids is 2. The minimum atomic E-state index is -4.54. The number of hydrogen-bond acceptors (Lipinski definition) is 5. The van der Waals surface area contributed by atoms with Crippen molar-refractivity contribution in [2.45, 2.75) is 113 Å². The number of benzene rings is 6. The summed E-state index contributed by atoms with van der Waals surface area (Å²) in [7, 11) is 0. The minimum Gasteiger partial charge on any atom is -0.453 e. The quantitative estimate of drug-likeness (QED) is 0.0923. The second-order valence-corrected chi connectivity index (χ2v) is 18.5. The first-order valence-corrected chi connectivity index (χ1v) is 23.8. The fourth-order valence-electron chi connectivity index (χ4n) is 10.0. The molecule has 1 atom stereocenters. The van der Waals surface area contributed by atoms with Crippen molar-refractivity contribution >= 4 is 12.1 Å². The average molecular weight is 908 g/mol. The van der Waals surface area contributed by atoms with E-state index in [1.807, 2.05) is 97.1 Å². The summed E-state index contributed by atoms with van der Waals surface area (Å²) in [5.41, 5.74) is 4.81. The van der Waals surface area contributed by atoms with E-state index >= 15 is 0 Å². The van der Waals surface area contributed by atoms with Crippen LogP contribution in [-0.2, 0) is 36.4 Å². The molecule has 0 saturated heterocycles. The molecule has 0 radical (unpaired) electrons. The summed E-state index contributed by atoms with van der Waals surface area (Å²) in [6, 6.07) is 47.4. The maximum absolute atomic E-state index is 14.6. The Balaban J connectivity index is 1.11. The summed E-state index contributed by atoms with van der Waals surface area (Å²) in [6.45, 7) is 2.84. The van der Waals surface area contributed by atoms with E-state index in [0.29, 0.717) is 11.5 Å². The summed E-state index contributed by atoms with van der Waals surface area (Å²) < 4.78 is 59.9. The smallest absolute Gasteiger partial charge is 0.416 e. The monoisotopic (exact) mass is 907 g/mol. The third-order valence-electron chi connectivity index (χ3n) is 13.7. The summed E-state index contributed by atoms with van der Waals surface area (Å²) in [6.07, 6.45) is 7.03. The van der Waals surface area contributed by atoms with Gasteiger partial charge in [-0.15, -0.1) is 0 Å². The number of ether oxygens (including phenoxy) is 3. The van der Waals surface area contributed by atoms with Crippen molar-refractivity contribution in [2.24, 2.45) is 0 Å². The predicted molar refractivity (Wildman–Crippen MR) is 257 cm³/mol. The molecule has 1 fully saturated rings. The lowest BCUT2D eigenvalue weighted by atomic mass is 9.79. The van der Waals surface area contributed by atoms with Gasteiger partial charge in [0.25, 0.3) is 0 Å². The van der Waals surface area contributed by atoms with E-state index in [1.165, 1.54) is 69.1 Å². The molecule has 6 aromatic carbocycles. The zero-order valence-electron chi connectivity index (χ0n) is 38.4. The van der Waals surface area contributed by atoms with Crippen LogP contribution in [0.25, 0.3) is 11.1 Å². The highest BCUT2D eigenvalue weighted by Gasteiger charge is 2.41. The summed E-state index contributed by atoms with van der Waals surface area (Å²) in [4.78, 5) is 28.6. The number of rotatable bonds is 13. The van der Waals surface area contributed by atoms with Crippen LogP contribution in [0.4, 0.5) is 18.0 Å². The number of nitrogens with one attached hydrogen (secondary N) is 1. The predicted octanol–water partition coefficient (Wildman–Crippen LogP) is 14.4. The van der Waals surface area contributed by atoms with Crippen molar-refractivity contribution in [1.29, 1.82) is 0 Å². The lowest BCUT2D eigenvalue weighted by Gasteiger charge is -2.37. The SMILES string of the molecule is CC(C)(OC(=O)[C@H](COC(c1ccccc1)(c1ccccc1)c1ccc(C2CCCCCCCCCC2)cc1)NC(=O)OCC1c2ccccc2-c2ccccc21)c1ccc(C(F)(F)F)cc1. The van der Waals surface area contributed by atoms with Gasteiger partial charge in [-0.05, 0) is 94.8 Å². The van der Waals surface area contributed by atoms with Crippen molar-refractivity contribution in [2.75, 3.05) is 13.2 Å². The first-order chi connectivity index (χ1) is 32.4. The van der Waals surface area contributed by atoms with Gasteiger partial charge in [0.15, 0.2) is 6.04 Å². The normalized spacial score (nSPS) is 15.7. The Hall–Kier alpha value is -6.19. The molecular formula is C58H60F3NO5. The molecule has 0 aromatic heterocycles. The summed E-state index contributed by atoms with van der Waals surface area (Å²) >= 11 is 0. The van der Waals surface area contributed by atoms with Gasteiger partial charge in [-0.2, -0.15) is 13.2 Å². The highest BCUT2D eigenvalue weighted by atomic mass is 19.4. The molecule has 8 rings (SSSR count). The van der Waals surface area contributed by atoms with Gasteiger partial charge >= 0.3 is 18.2 Å². The number of carbonyl (C=O) groups is 2. The molecule has 348 valence electrons. The Morgan fingerprint density at radius 1 is 0.567 bits per heavy atom. The zero-order valence-corrected chi connectivity index (χ0v) is 38.4. The van der Waals surface area contributed by atoms with Gasteiger partial charge in [0.2, 0.25) is 0 Å². The molecule has 0 bridgehead atoms. The van der Waals surface area contributed by atoms with E-state index in [-0.39, 0.29) is 19.1 Å². The van der Waals surface area contributed by atoms with Crippen LogP contribution in [0.2, 0.25) is 0 Å². The number of halogens is 3. The maximum Gasteiger partial charge on any atom is 0.416 e. The third-order valence-corrected chi connectivity index (χ3v) is 13.7. The molecule has 67 heavy (non-hydrogen) atoms. The van der Waals surface area contributed by atoms with Crippen molar-refractivity contribution in [3.8, 4) is 11.1 Å². The Morgan fingerprint density at radius 3 is 1.54 bits per heavy atom. The van der Waals surface area contributed by atoms with E-state index in [1.54, 1.807) is 13.8 Å². The fourth-order valence-corrected chi connectivity index (χ4v) is 10.0. The van der Waals surface area contributed by atoms with Crippen LogP contribution in [0.5, 0.6) is 0 Å². The first-order valence-electron chi connectivity index (χ1n) is 23.8.